The predicted octanol–water partition coefficient (Wildman–Crippen LogP) is 3.70. The van der Waals surface area contributed by atoms with E-state index in [2.05, 4.69) is 5.32 Å². The van der Waals surface area contributed by atoms with Crippen molar-refractivity contribution in [1.82, 2.24) is 10.2 Å². The Morgan fingerprint density at radius 2 is 1.66 bits per heavy atom. The van der Waals surface area contributed by atoms with Gasteiger partial charge in [0.25, 0.3) is 0 Å². The second kappa shape index (κ2) is 11.0. The maximum atomic E-state index is 13.4. The van der Waals surface area contributed by atoms with Crippen LogP contribution in [0.3, 0.4) is 0 Å². The van der Waals surface area contributed by atoms with Crippen LogP contribution in [0.15, 0.2) is 48.5 Å². The maximum absolute atomic E-state index is 13.4. The van der Waals surface area contributed by atoms with Gasteiger partial charge in [0.2, 0.25) is 21.8 Å². The van der Waals surface area contributed by atoms with Crippen molar-refractivity contribution in [2.75, 3.05) is 17.1 Å². The summed E-state index contributed by atoms with van der Waals surface area (Å²) < 4.78 is 26.0. The highest BCUT2D eigenvalue weighted by atomic mass is 35.5. The number of halogens is 2. The first-order valence-electron chi connectivity index (χ1n) is 9.96. The monoisotopic (exact) mass is 499 g/mol. The first-order valence-corrected chi connectivity index (χ1v) is 12.6. The summed E-state index contributed by atoms with van der Waals surface area (Å²) in [5, 5.41) is 3.22. The molecule has 0 spiro atoms. The SMILES string of the molecule is CC(C)NC(=O)C(C)N(Cc1ccccc1)C(=O)CN(c1ccc(Cl)cc1Cl)S(C)(=O)=O. The Hall–Kier alpha value is -2.29. The highest BCUT2D eigenvalue weighted by Gasteiger charge is 2.31. The lowest BCUT2D eigenvalue weighted by molar-refractivity contribution is -0.139. The van der Waals surface area contributed by atoms with E-state index in [-0.39, 0.29) is 29.2 Å². The normalized spacial score (nSPS) is 12.3. The number of nitrogens with zero attached hydrogens (tertiary/aromatic N) is 2. The third-order valence-corrected chi connectivity index (χ3v) is 6.32. The van der Waals surface area contributed by atoms with Crippen LogP contribution in [0.1, 0.15) is 26.3 Å². The third kappa shape index (κ3) is 7.12. The summed E-state index contributed by atoms with van der Waals surface area (Å²) >= 11 is 12.1. The zero-order chi connectivity index (χ0) is 24.1. The van der Waals surface area contributed by atoms with Gasteiger partial charge in [0, 0.05) is 17.6 Å². The molecule has 0 aliphatic heterocycles. The van der Waals surface area contributed by atoms with Crippen LogP contribution in [-0.4, -0.2) is 50.0 Å². The molecular formula is C22H27Cl2N3O4S. The predicted molar refractivity (Wildman–Crippen MR) is 128 cm³/mol. The van der Waals surface area contributed by atoms with E-state index in [1.54, 1.807) is 6.92 Å². The summed E-state index contributed by atoms with van der Waals surface area (Å²) in [4.78, 5) is 27.4. The number of nitrogens with one attached hydrogen (secondary N) is 1. The number of anilines is 1. The molecule has 0 heterocycles. The Kier molecular flexibility index (Phi) is 8.95. The zero-order valence-electron chi connectivity index (χ0n) is 18.4. The minimum atomic E-state index is -3.86. The number of hydrogen-bond donors (Lipinski definition) is 1. The quantitative estimate of drug-likeness (QED) is 0.569. The molecule has 0 bridgehead atoms. The maximum Gasteiger partial charge on any atom is 0.244 e. The van der Waals surface area contributed by atoms with Crippen LogP contribution in [0.5, 0.6) is 0 Å². The molecule has 2 rings (SSSR count). The Morgan fingerprint density at radius 1 is 1.03 bits per heavy atom. The highest BCUT2D eigenvalue weighted by molar-refractivity contribution is 7.92. The Bertz CT molecular complexity index is 1060. The molecule has 1 atom stereocenters. The molecule has 0 aromatic heterocycles. The fraction of sp³-hybridized carbons (Fsp3) is 0.364. The van der Waals surface area contributed by atoms with Gasteiger partial charge in [-0.1, -0.05) is 53.5 Å². The van der Waals surface area contributed by atoms with Crippen LogP contribution >= 0.6 is 23.2 Å². The molecule has 2 aromatic rings. The molecule has 0 radical (unpaired) electrons. The van der Waals surface area contributed by atoms with Gasteiger partial charge in [0.1, 0.15) is 12.6 Å². The standard InChI is InChI=1S/C22H27Cl2N3O4S/c1-15(2)25-22(29)16(3)26(13-17-8-6-5-7-9-17)21(28)14-27(32(4,30)31)20-11-10-18(23)12-19(20)24/h5-12,15-16H,13-14H2,1-4H3,(H,25,29). The van der Waals surface area contributed by atoms with Crippen molar-refractivity contribution in [3.05, 3.63) is 64.1 Å². The number of rotatable bonds is 9. The fourth-order valence-corrected chi connectivity index (χ4v) is 4.47. The average Bonchev–Trinajstić information content (AvgIpc) is 2.69. The molecule has 174 valence electrons. The fourth-order valence-electron chi connectivity index (χ4n) is 3.05. The average molecular weight is 500 g/mol. The summed E-state index contributed by atoms with van der Waals surface area (Å²) in [6.45, 7) is 4.87. The minimum Gasteiger partial charge on any atom is -0.352 e. The van der Waals surface area contributed by atoms with E-state index in [0.29, 0.717) is 5.02 Å². The topological polar surface area (TPSA) is 86.8 Å². The molecule has 2 aromatic carbocycles. The lowest BCUT2D eigenvalue weighted by atomic mass is 10.1. The van der Waals surface area contributed by atoms with Crippen LogP contribution in [0.2, 0.25) is 10.0 Å². The summed E-state index contributed by atoms with van der Waals surface area (Å²) in [6.07, 6.45) is 0.988. The molecular weight excluding hydrogens is 473 g/mol. The Balaban J connectivity index is 2.40. The number of sulfonamides is 1. The first kappa shape index (κ1) is 26.0. The number of carbonyl (C=O) groups excluding carboxylic acids is 2. The Labute approximate surface area is 199 Å². The van der Waals surface area contributed by atoms with Crippen molar-refractivity contribution < 1.29 is 18.0 Å². The van der Waals surface area contributed by atoms with Gasteiger partial charge in [-0.15, -0.1) is 0 Å². The largest absolute Gasteiger partial charge is 0.352 e. The number of amides is 2. The third-order valence-electron chi connectivity index (χ3n) is 4.65. The molecule has 1 unspecified atom stereocenters. The van der Waals surface area contributed by atoms with Gasteiger partial charge in [-0.3, -0.25) is 13.9 Å². The van der Waals surface area contributed by atoms with E-state index in [1.165, 1.54) is 23.1 Å². The lowest BCUT2D eigenvalue weighted by Crippen LogP contribution is -2.52. The van der Waals surface area contributed by atoms with Gasteiger partial charge < -0.3 is 10.2 Å². The summed E-state index contributed by atoms with van der Waals surface area (Å²) in [6, 6.07) is 12.6. The molecule has 7 nitrogen and oxygen atoms in total. The molecule has 32 heavy (non-hydrogen) atoms. The van der Waals surface area contributed by atoms with Crippen molar-refractivity contribution in [1.29, 1.82) is 0 Å². The smallest absolute Gasteiger partial charge is 0.244 e. The lowest BCUT2D eigenvalue weighted by Gasteiger charge is -2.32. The van der Waals surface area contributed by atoms with E-state index >= 15 is 0 Å². The molecule has 0 aliphatic carbocycles. The molecule has 1 N–H and O–H groups in total. The van der Waals surface area contributed by atoms with E-state index in [4.69, 9.17) is 23.2 Å². The van der Waals surface area contributed by atoms with E-state index < -0.39 is 28.5 Å². The van der Waals surface area contributed by atoms with E-state index in [0.717, 1.165) is 16.1 Å². The summed E-state index contributed by atoms with van der Waals surface area (Å²) in [5.41, 5.74) is 0.936. The zero-order valence-corrected chi connectivity index (χ0v) is 20.7. The van der Waals surface area contributed by atoms with Crippen LogP contribution in [0, 0.1) is 0 Å². The van der Waals surface area contributed by atoms with Gasteiger partial charge in [-0.2, -0.15) is 0 Å². The van der Waals surface area contributed by atoms with Gasteiger partial charge in [-0.05, 0) is 44.5 Å². The second-order valence-corrected chi connectivity index (χ2v) is 10.5. The Morgan fingerprint density at radius 3 is 2.19 bits per heavy atom. The number of benzene rings is 2. The van der Waals surface area contributed by atoms with E-state index in [9.17, 15) is 18.0 Å². The molecule has 0 fully saturated rings. The summed E-state index contributed by atoms with van der Waals surface area (Å²) in [7, 11) is -3.86. The van der Waals surface area contributed by atoms with Crippen LogP contribution < -0.4 is 9.62 Å². The van der Waals surface area contributed by atoms with Crippen molar-refractivity contribution >= 4 is 50.7 Å². The van der Waals surface area contributed by atoms with Crippen molar-refractivity contribution in [2.45, 2.75) is 39.4 Å². The molecule has 0 saturated carbocycles. The number of carbonyl (C=O) groups is 2. The van der Waals surface area contributed by atoms with E-state index in [1.807, 2.05) is 44.2 Å². The molecule has 0 aliphatic rings. The van der Waals surface area contributed by atoms with Crippen molar-refractivity contribution in [3.63, 3.8) is 0 Å². The minimum absolute atomic E-state index is 0.0935. The van der Waals surface area contributed by atoms with Crippen LogP contribution in [0.25, 0.3) is 0 Å². The van der Waals surface area contributed by atoms with Gasteiger partial charge >= 0.3 is 0 Å². The van der Waals surface area contributed by atoms with Crippen molar-refractivity contribution in [3.8, 4) is 0 Å². The molecule has 10 heteroatoms. The number of hydrogen-bond acceptors (Lipinski definition) is 4. The molecule has 2 amide bonds. The van der Waals surface area contributed by atoms with Crippen molar-refractivity contribution in [2.24, 2.45) is 0 Å². The van der Waals surface area contributed by atoms with Crippen LogP contribution in [-0.2, 0) is 26.2 Å². The van der Waals surface area contributed by atoms with Gasteiger partial charge in [-0.25, -0.2) is 8.42 Å². The summed E-state index contributed by atoms with van der Waals surface area (Å²) in [5.74, 6) is -0.878. The van der Waals surface area contributed by atoms with Gasteiger partial charge in [0.15, 0.2) is 0 Å². The highest BCUT2D eigenvalue weighted by Crippen LogP contribution is 2.30. The molecule has 0 saturated heterocycles. The second-order valence-electron chi connectivity index (χ2n) is 7.71. The first-order chi connectivity index (χ1) is 14.9. The van der Waals surface area contributed by atoms with Gasteiger partial charge in [0.05, 0.1) is 17.0 Å². The van der Waals surface area contributed by atoms with Crippen LogP contribution in [0.4, 0.5) is 5.69 Å².